The molecule has 1 heterocycles. The zero-order valence-corrected chi connectivity index (χ0v) is 27.8. The molecule has 5 fully saturated rings. The molecule has 0 radical (unpaired) electrons. The highest BCUT2D eigenvalue weighted by Gasteiger charge is 2.89. The molecule has 4 saturated carbocycles. The quantitative estimate of drug-likeness (QED) is 0.300. The number of hydrogen-bond acceptors (Lipinski definition) is 11. The van der Waals surface area contributed by atoms with E-state index in [-0.39, 0.29) is 48.8 Å². The van der Waals surface area contributed by atoms with Crippen molar-refractivity contribution in [1.29, 1.82) is 0 Å². The molecule has 0 unspecified atom stereocenters. The van der Waals surface area contributed by atoms with Crippen molar-refractivity contribution < 1.29 is 47.9 Å². The molecular weight excluding hydrogens is 594 g/mol. The first kappa shape index (κ1) is 32.0. The number of aliphatic hydroxyl groups is 1. The number of likely N-dealkylation sites (tertiary alicyclic amines) is 1. The van der Waals surface area contributed by atoms with Crippen LogP contribution in [0.4, 0.5) is 0 Å². The van der Waals surface area contributed by atoms with E-state index >= 15 is 0 Å². The third-order valence-electron chi connectivity index (χ3n) is 12.8. The number of piperidine rings is 1. The third kappa shape index (κ3) is 3.81. The van der Waals surface area contributed by atoms with E-state index in [2.05, 4.69) is 24.0 Å². The van der Waals surface area contributed by atoms with Crippen LogP contribution in [0, 0.1) is 34.5 Å². The van der Waals surface area contributed by atoms with Gasteiger partial charge >= 0.3 is 11.9 Å². The van der Waals surface area contributed by atoms with E-state index < -0.39 is 52.1 Å². The Kier molecular flexibility index (Phi) is 7.66. The second kappa shape index (κ2) is 11.0. The van der Waals surface area contributed by atoms with Crippen LogP contribution in [0.3, 0.4) is 0 Å². The summed E-state index contributed by atoms with van der Waals surface area (Å²) in [4.78, 5) is 29.6. The average molecular weight is 642 g/mol. The lowest BCUT2D eigenvalue weighted by Crippen LogP contribution is -2.76. The number of rotatable bonds is 10. The van der Waals surface area contributed by atoms with Crippen LogP contribution in [0.2, 0.25) is 0 Å². The van der Waals surface area contributed by atoms with Gasteiger partial charge in [-0.3, -0.25) is 9.69 Å². The number of benzene rings is 1. The van der Waals surface area contributed by atoms with E-state index in [0.717, 1.165) is 13.1 Å². The Morgan fingerprint density at radius 1 is 1.00 bits per heavy atom. The molecule has 46 heavy (non-hydrogen) atoms. The minimum absolute atomic E-state index is 0.0815. The first-order valence-corrected chi connectivity index (χ1v) is 16.3. The maximum atomic E-state index is 13.9. The van der Waals surface area contributed by atoms with Crippen molar-refractivity contribution in [2.24, 2.45) is 34.5 Å². The second-order valence-corrected chi connectivity index (χ2v) is 14.3. The van der Waals surface area contributed by atoms with E-state index in [1.165, 1.54) is 6.92 Å². The van der Waals surface area contributed by atoms with Crippen molar-refractivity contribution in [2.75, 3.05) is 55.2 Å². The van der Waals surface area contributed by atoms with Gasteiger partial charge in [0.1, 0.15) is 23.1 Å². The summed E-state index contributed by atoms with van der Waals surface area (Å²) in [5.41, 5.74) is -3.36. The SMILES string of the molecule is CCN1C[C@]2(COC)C=C[C@H](OC)[C@@]34[C@@H]5C[C@]6(O)[C@@H](OC)C[C@@](OC(C)=O)([C@H]5[C@H]6OC(=O)c5ccc(OC)cc5)[C@@H]([C@H](OC)[C@H]23)[C@@H]14. The van der Waals surface area contributed by atoms with Crippen molar-refractivity contribution in [1.82, 2.24) is 4.90 Å². The van der Waals surface area contributed by atoms with Crippen LogP contribution < -0.4 is 4.74 Å². The predicted octanol–water partition coefficient (Wildman–Crippen LogP) is 2.49. The van der Waals surface area contributed by atoms with Gasteiger partial charge in [0.2, 0.25) is 0 Å². The number of ether oxygens (including phenoxy) is 7. The van der Waals surface area contributed by atoms with Gasteiger partial charge in [-0.1, -0.05) is 19.1 Å². The van der Waals surface area contributed by atoms with Gasteiger partial charge in [-0.2, -0.15) is 0 Å². The number of methoxy groups -OCH3 is 5. The summed E-state index contributed by atoms with van der Waals surface area (Å²) in [6.07, 6.45) is 2.50. The molecule has 7 bridgehead atoms. The number of carbonyl (C=O) groups is 2. The topological polar surface area (TPSA) is 122 Å². The molecule has 11 nitrogen and oxygen atoms in total. The summed E-state index contributed by atoms with van der Waals surface area (Å²) in [7, 11) is 8.31. The summed E-state index contributed by atoms with van der Waals surface area (Å²) in [6, 6.07) is 6.58. The van der Waals surface area contributed by atoms with Crippen LogP contribution in [0.5, 0.6) is 5.75 Å². The zero-order chi connectivity index (χ0) is 32.8. The van der Waals surface area contributed by atoms with E-state index in [0.29, 0.717) is 17.9 Å². The fraction of sp³-hybridized carbons (Fsp3) is 0.714. The highest BCUT2D eigenvalue weighted by Crippen LogP contribution is 2.79. The fourth-order valence-electron chi connectivity index (χ4n) is 11.9. The van der Waals surface area contributed by atoms with Gasteiger partial charge < -0.3 is 38.3 Å². The van der Waals surface area contributed by atoms with E-state index in [1.807, 2.05) is 0 Å². The van der Waals surface area contributed by atoms with Gasteiger partial charge in [0.25, 0.3) is 0 Å². The van der Waals surface area contributed by atoms with Gasteiger partial charge in [0.05, 0.1) is 37.6 Å². The molecule has 0 aromatic heterocycles. The lowest BCUT2D eigenvalue weighted by molar-refractivity contribution is -0.276. The predicted molar refractivity (Wildman–Crippen MR) is 164 cm³/mol. The largest absolute Gasteiger partial charge is 0.497 e. The van der Waals surface area contributed by atoms with Gasteiger partial charge in [-0.25, -0.2) is 4.79 Å². The molecule has 0 amide bonds. The molecule has 5 aliphatic carbocycles. The lowest BCUT2D eigenvalue weighted by atomic mass is 9.44. The number of esters is 2. The van der Waals surface area contributed by atoms with Crippen molar-refractivity contribution in [3.05, 3.63) is 42.0 Å². The minimum atomic E-state index is -1.54. The van der Waals surface area contributed by atoms with E-state index in [4.69, 9.17) is 33.2 Å². The van der Waals surface area contributed by atoms with Crippen LogP contribution >= 0.6 is 0 Å². The normalized spacial score (nSPS) is 46.2. The standard InChI is InChI=1S/C35H47NO10/c1-8-36-17-32(18-40-3)14-13-23(42-5)35-22-15-33(39)24(43-6)16-34(46-19(2)37,26(29(35)36)27(44-7)28(32)35)25(22)30(33)45-31(38)20-9-11-21(41-4)12-10-20/h9-14,22-30,39H,8,15-18H2,1-7H3/t22-,23+,24+,25-,26+,27+,28-,29-,30-,32+,33+,34-,35+/m1/s1. The molecule has 6 aliphatic rings. The summed E-state index contributed by atoms with van der Waals surface area (Å²) in [5.74, 6) is -1.63. The van der Waals surface area contributed by atoms with Gasteiger partial charge in [-0.15, -0.1) is 0 Å². The first-order valence-electron chi connectivity index (χ1n) is 16.3. The minimum Gasteiger partial charge on any atom is -0.497 e. The highest BCUT2D eigenvalue weighted by atomic mass is 16.6. The van der Waals surface area contributed by atoms with Crippen molar-refractivity contribution in [2.45, 2.75) is 68.3 Å². The monoisotopic (exact) mass is 641 g/mol. The van der Waals surface area contributed by atoms with E-state index in [1.54, 1.807) is 59.8 Å². The van der Waals surface area contributed by atoms with Gasteiger partial charge in [0, 0.05) is 83.0 Å². The Bertz CT molecular complexity index is 1400. The molecule has 7 rings (SSSR count). The zero-order valence-electron chi connectivity index (χ0n) is 27.8. The van der Waals surface area contributed by atoms with Gasteiger partial charge in [-0.05, 0) is 43.1 Å². The molecule has 1 aromatic rings. The number of hydrogen-bond donors (Lipinski definition) is 1. The summed E-state index contributed by atoms with van der Waals surface area (Å²) in [5, 5.41) is 12.8. The fourth-order valence-corrected chi connectivity index (χ4v) is 11.9. The molecular formula is C35H47NO10. The molecule has 252 valence electrons. The first-order chi connectivity index (χ1) is 22.1. The van der Waals surface area contributed by atoms with Gasteiger partial charge in [0.15, 0.2) is 0 Å². The Labute approximate surface area is 270 Å². The van der Waals surface area contributed by atoms with Crippen LogP contribution in [0.1, 0.15) is 37.0 Å². The van der Waals surface area contributed by atoms with Crippen LogP contribution in [0.15, 0.2) is 36.4 Å². The molecule has 1 saturated heterocycles. The Balaban J connectivity index is 1.46. The molecule has 1 spiro atoms. The Morgan fingerprint density at radius 3 is 2.33 bits per heavy atom. The summed E-state index contributed by atoms with van der Waals surface area (Å²) in [6.45, 7) is 5.56. The molecule has 1 aliphatic heterocycles. The average Bonchev–Trinajstić information content (AvgIpc) is 3.42. The third-order valence-corrected chi connectivity index (χ3v) is 12.8. The van der Waals surface area contributed by atoms with Crippen molar-refractivity contribution in [3.8, 4) is 5.75 Å². The van der Waals surface area contributed by atoms with Crippen LogP contribution in [-0.4, -0.2) is 119 Å². The van der Waals surface area contributed by atoms with Crippen molar-refractivity contribution >= 4 is 11.9 Å². The van der Waals surface area contributed by atoms with E-state index in [9.17, 15) is 14.7 Å². The lowest BCUT2D eigenvalue weighted by Gasteiger charge is -2.67. The number of fused-ring (bicyclic) bond motifs is 2. The molecule has 13 atom stereocenters. The number of carbonyl (C=O) groups excluding carboxylic acids is 2. The maximum absolute atomic E-state index is 13.9. The van der Waals surface area contributed by atoms with Crippen LogP contribution in [-0.2, 0) is 33.2 Å². The summed E-state index contributed by atoms with van der Waals surface area (Å²) >= 11 is 0. The van der Waals surface area contributed by atoms with Crippen molar-refractivity contribution in [3.63, 3.8) is 0 Å². The molecule has 11 heteroatoms. The second-order valence-electron chi connectivity index (χ2n) is 14.3. The molecule has 1 N–H and O–H groups in total. The van der Waals surface area contributed by atoms with Crippen LogP contribution in [0.25, 0.3) is 0 Å². The number of nitrogens with zero attached hydrogens (tertiary/aromatic N) is 1. The highest BCUT2D eigenvalue weighted by molar-refractivity contribution is 5.89. The Morgan fingerprint density at radius 2 is 1.74 bits per heavy atom. The maximum Gasteiger partial charge on any atom is 0.338 e. The molecule has 1 aromatic carbocycles. The summed E-state index contributed by atoms with van der Waals surface area (Å²) < 4.78 is 43.3. The smallest absolute Gasteiger partial charge is 0.338 e. The Hall–Kier alpha value is -2.54.